The number of aliphatic hydroxyl groups is 1. The summed E-state index contributed by atoms with van der Waals surface area (Å²) in [6, 6.07) is -0.883. The fraction of sp³-hybridized carbons (Fsp3) is 0.875. The van der Waals surface area contributed by atoms with E-state index in [2.05, 4.69) is 31.3 Å². The maximum atomic E-state index is 12.8. The lowest BCUT2D eigenvalue weighted by Crippen LogP contribution is -2.45. The third-order valence-corrected chi connectivity index (χ3v) is 9.87. The second-order valence-corrected chi connectivity index (χ2v) is 16.4. The van der Waals surface area contributed by atoms with Crippen molar-refractivity contribution in [2.45, 2.75) is 187 Å². The lowest BCUT2D eigenvalue weighted by atomic mass is 10.1. The summed E-state index contributed by atoms with van der Waals surface area (Å²) in [4.78, 5) is 25.2. The molecule has 0 aromatic heterocycles. The number of aliphatic hydroxyl groups excluding tert-OH is 1. The van der Waals surface area contributed by atoms with Crippen LogP contribution in [0.25, 0.3) is 0 Å². The first-order valence-corrected chi connectivity index (χ1v) is 21.7. The number of phosphoric ester groups is 1. The number of phosphoric acid groups is 1. The quantitative estimate of drug-likeness (QED) is 0.0290. The van der Waals surface area contributed by atoms with Crippen molar-refractivity contribution < 1.29 is 32.9 Å². The number of carbonyl (C=O) groups excluding carboxylic acids is 1. The average molecular weight is 715 g/mol. The van der Waals surface area contributed by atoms with Gasteiger partial charge in [-0.1, -0.05) is 147 Å². The molecule has 1 amide bonds. The van der Waals surface area contributed by atoms with Crippen LogP contribution in [0.4, 0.5) is 0 Å². The second-order valence-electron chi connectivity index (χ2n) is 15.0. The van der Waals surface area contributed by atoms with Crippen molar-refractivity contribution in [3.05, 3.63) is 24.3 Å². The predicted octanol–water partition coefficient (Wildman–Crippen LogP) is 9.94. The van der Waals surface area contributed by atoms with E-state index in [1.165, 1.54) is 116 Å². The lowest BCUT2D eigenvalue weighted by molar-refractivity contribution is -0.870. The van der Waals surface area contributed by atoms with Crippen molar-refractivity contribution in [1.29, 1.82) is 0 Å². The Balaban J connectivity index is 4.43. The van der Waals surface area contributed by atoms with Crippen LogP contribution >= 0.6 is 7.82 Å². The van der Waals surface area contributed by atoms with Gasteiger partial charge in [-0.05, 0) is 44.9 Å². The molecule has 9 heteroatoms. The highest BCUT2D eigenvalue weighted by Gasteiger charge is 2.23. The Bertz CT molecular complexity index is 860. The van der Waals surface area contributed by atoms with Gasteiger partial charge in [0, 0.05) is 6.42 Å². The van der Waals surface area contributed by atoms with E-state index in [1.807, 2.05) is 27.2 Å². The van der Waals surface area contributed by atoms with Gasteiger partial charge in [0.2, 0.25) is 5.91 Å². The summed E-state index contributed by atoms with van der Waals surface area (Å²) in [5.74, 6) is -0.205. The number of quaternary nitrogens is 1. The molecule has 0 bridgehead atoms. The maximum absolute atomic E-state index is 12.8. The van der Waals surface area contributed by atoms with Crippen LogP contribution in [0.3, 0.4) is 0 Å². The molecular formula is C40H79N2O6P. The minimum absolute atomic E-state index is 0.00127. The Hall–Kier alpha value is -1.02. The van der Waals surface area contributed by atoms with Gasteiger partial charge >= 0.3 is 0 Å². The lowest BCUT2D eigenvalue weighted by Gasteiger charge is -2.29. The smallest absolute Gasteiger partial charge is 0.268 e. The molecule has 0 radical (unpaired) electrons. The molecule has 0 heterocycles. The zero-order chi connectivity index (χ0) is 36.5. The molecular weight excluding hydrogens is 635 g/mol. The average Bonchev–Trinajstić information content (AvgIpc) is 3.04. The molecule has 0 fully saturated rings. The minimum Gasteiger partial charge on any atom is -0.756 e. The molecule has 0 saturated heterocycles. The van der Waals surface area contributed by atoms with Crippen LogP contribution in [0.2, 0.25) is 0 Å². The highest BCUT2D eigenvalue weighted by atomic mass is 31.2. The molecule has 8 nitrogen and oxygen atoms in total. The number of hydrogen-bond donors (Lipinski definition) is 2. The summed E-state index contributed by atoms with van der Waals surface area (Å²) in [5.41, 5.74) is 0. The van der Waals surface area contributed by atoms with Gasteiger partial charge in [-0.3, -0.25) is 9.36 Å². The first kappa shape index (κ1) is 48.0. The van der Waals surface area contributed by atoms with Crippen LogP contribution in [0, 0.1) is 0 Å². The van der Waals surface area contributed by atoms with E-state index in [0.29, 0.717) is 17.4 Å². The first-order valence-electron chi connectivity index (χ1n) is 20.2. The molecule has 0 aliphatic heterocycles. The van der Waals surface area contributed by atoms with E-state index in [0.717, 1.165) is 38.5 Å². The zero-order valence-corrected chi connectivity index (χ0v) is 33.5. The summed E-state index contributed by atoms with van der Waals surface area (Å²) in [6.45, 7) is 4.60. The van der Waals surface area contributed by atoms with E-state index in [4.69, 9.17) is 9.05 Å². The van der Waals surface area contributed by atoms with Crippen molar-refractivity contribution in [3.63, 3.8) is 0 Å². The van der Waals surface area contributed by atoms with E-state index in [1.54, 1.807) is 6.08 Å². The van der Waals surface area contributed by atoms with Crippen LogP contribution in [0.1, 0.15) is 174 Å². The van der Waals surface area contributed by atoms with Gasteiger partial charge in [0.15, 0.2) is 0 Å². The predicted molar refractivity (Wildman–Crippen MR) is 205 cm³/mol. The molecule has 3 unspecified atom stereocenters. The number of nitrogens with one attached hydrogen (secondary N) is 1. The Morgan fingerprint density at radius 3 is 1.59 bits per heavy atom. The summed E-state index contributed by atoms with van der Waals surface area (Å²) >= 11 is 0. The number of carbonyl (C=O) groups is 1. The van der Waals surface area contributed by atoms with Crippen molar-refractivity contribution in [1.82, 2.24) is 5.32 Å². The molecule has 3 atom stereocenters. The standard InChI is InChI=1S/C40H79N2O6P/c1-6-8-10-12-14-16-18-19-20-21-22-23-24-26-28-30-32-34-40(44)41-38(37-48-49(45,46)47-36-35-42(3,4)5)39(43)33-31-29-27-25-17-15-13-11-9-7-2/h19-20,31,33,38-39,43H,6-18,21-30,32,34-37H2,1-5H3,(H-,41,44,45,46)/b20-19-,33-31+. The van der Waals surface area contributed by atoms with E-state index in [9.17, 15) is 19.4 Å². The van der Waals surface area contributed by atoms with E-state index < -0.39 is 20.0 Å². The normalized spacial score (nSPS) is 14.8. The van der Waals surface area contributed by atoms with Gasteiger partial charge in [-0.25, -0.2) is 0 Å². The van der Waals surface area contributed by atoms with Crippen molar-refractivity contribution in [2.75, 3.05) is 40.9 Å². The summed E-state index contributed by atoms with van der Waals surface area (Å²) in [7, 11) is 1.26. The van der Waals surface area contributed by atoms with E-state index in [-0.39, 0.29) is 19.1 Å². The summed E-state index contributed by atoms with van der Waals surface area (Å²) in [5, 5.41) is 13.7. The number of hydrogen-bond acceptors (Lipinski definition) is 6. The largest absolute Gasteiger partial charge is 0.756 e. The highest BCUT2D eigenvalue weighted by Crippen LogP contribution is 2.38. The first-order chi connectivity index (χ1) is 23.5. The summed E-state index contributed by atoms with van der Waals surface area (Å²) < 4.78 is 23.1. The molecule has 0 rings (SSSR count). The second kappa shape index (κ2) is 32.9. The molecule has 0 aromatic carbocycles. The molecule has 0 aromatic rings. The molecule has 49 heavy (non-hydrogen) atoms. The van der Waals surface area contributed by atoms with Gasteiger partial charge in [0.1, 0.15) is 13.2 Å². The van der Waals surface area contributed by atoms with Crippen molar-refractivity contribution in [2.24, 2.45) is 0 Å². The number of unbranched alkanes of at least 4 members (excludes halogenated alkanes) is 21. The zero-order valence-electron chi connectivity index (χ0n) is 32.6. The van der Waals surface area contributed by atoms with Crippen LogP contribution in [0.15, 0.2) is 24.3 Å². The number of amides is 1. The molecule has 0 saturated carbocycles. The number of rotatable bonds is 36. The minimum atomic E-state index is -4.58. The molecule has 290 valence electrons. The Labute approximate surface area is 303 Å². The Morgan fingerprint density at radius 2 is 1.12 bits per heavy atom. The SMILES string of the molecule is CCCCCCCC/C=C\CCCCCCCCCC(=O)NC(COP(=O)([O-])OCC[N+](C)(C)C)C(O)/C=C/CCCCCCCCCC. The van der Waals surface area contributed by atoms with Crippen LogP contribution in [0.5, 0.6) is 0 Å². The van der Waals surface area contributed by atoms with Gasteiger partial charge < -0.3 is 28.8 Å². The van der Waals surface area contributed by atoms with Crippen LogP contribution in [-0.2, 0) is 18.4 Å². The Kier molecular flexibility index (Phi) is 32.2. The van der Waals surface area contributed by atoms with Crippen LogP contribution < -0.4 is 10.2 Å². The fourth-order valence-corrected chi connectivity index (χ4v) is 6.34. The van der Waals surface area contributed by atoms with Gasteiger partial charge in [0.05, 0.1) is 39.9 Å². The van der Waals surface area contributed by atoms with E-state index >= 15 is 0 Å². The number of nitrogens with zero attached hydrogens (tertiary/aromatic N) is 1. The Morgan fingerprint density at radius 1 is 0.694 bits per heavy atom. The number of likely N-dealkylation sites (N-methyl/N-ethyl adjacent to an activating group) is 1. The topological polar surface area (TPSA) is 108 Å². The highest BCUT2D eigenvalue weighted by molar-refractivity contribution is 7.45. The third-order valence-electron chi connectivity index (χ3n) is 8.91. The van der Waals surface area contributed by atoms with Crippen LogP contribution in [-0.4, -0.2) is 68.5 Å². The monoisotopic (exact) mass is 715 g/mol. The van der Waals surface area contributed by atoms with Gasteiger partial charge in [-0.15, -0.1) is 0 Å². The molecule has 2 N–H and O–H groups in total. The third kappa shape index (κ3) is 35.2. The number of allylic oxidation sites excluding steroid dienone is 3. The molecule has 0 spiro atoms. The van der Waals surface area contributed by atoms with Crippen molar-refractivity contribution >= 4 is 13.7 Å². The fourth-order valence-electron chi connectivity index (χ4n) is 5.62. The molecule has 0 aliphatic rings. The maximum Gasteiger partial charge on any atom is 0.268 e. The molecule has 0 aliphatic carbocycles. The summed E-state index contributed by atoms with van der Waals surface area (Å²) in [6.07, 6.45) is 36.5. The van der Waals surface area contributed by atoms with Crippen molar-refractivity contribution in [3.8, 4) is 0 Å². The van der Waals surface area contributed by atoms with Gasteiger partial charge in [-0.2, -0.15) is 0 Å². The van der Waals surface area contributed by atoms with Gasteiger partial charge in [0.25, 0.3) is 7.82 Å².